The Morgan fingerprint density at radius 2 is 2.64 bits per heavy atom. The van der Waals surface area contributed by atoms with Crippen LogP contribution < -0.4 is 5.32 Å². The number of rotatable bonds is 2. The van der Waals surface area contributed by atoms with Gasteiger partial charge in [-0.1, -0.05) is 0 Å². The molecule has 0 aromatic carbocycles. The van der Waals surface area contributed by atoms with Gasteiger partial charge >= 0.3 is 0 Å². The van der Waals surface area contributed by atoms with Gasteiger partial charge in [0, 0.05) is 5.38 Å². The summed E-state index contributed by atoms with van der Waals surface area (Å²) in [4.78, 5) is 16.3. The lowest BCUT2D eigenvalue weighted by Crippen LogP contribution is -2.24. The normalized spacial score (nSPS) is 9.93. The zero-order valence-corrected chi connectivity index (χ0v) is 7.91. The van der Waals surface area contributed by atoms with Crippen LogP contribution in [0, 0.1) is 11.3 Å². The predicted molar refractivity (Wildman–Crippen MR) is 51.0 cm³/mol. The molecule has 0 saturated carbocycles. The Kier molecular flexibility index (Phi) is 2.16. The van der Waals surface area contributed by atoms with E-state index in [1.54, 1.807) is 22.3 Å². The lowest BCUT2D eigenvalue weighted by molar-refractivity contribution is 0.0953. The van der Waals surface area contributed by atoms with Crippen molar-refractivity contribution in [3.8, 4) is 6.07 Å². The number of hydrogen-bond acceptors (Lipinski definition) is 4. The fraction of sp³-hybridized carbons (Fsp3) is 0.125. The maximum Gasteiger partial charge on any atom is 0.269 e. The molecule has 2 aromatic heterocycles. The second-order valence-electron chi connectivity index (χ2n) is 2.56. The van der Waals surface area contributed by atoms with E-state index in [1.165, 1.54) is 11.3 Å². The molecule has 0 radical (unpaired) electrons. The van der Waals surface area contributed by atoms with E-state index in [0.717, 1.165) is 4.83 Å². The van der Waals surface area contributed by atoms with Crippen molar-refractivity contribution in [2.45, 2.75) is 0 Å². The molecule has 0 aliphatic carbocycles. The van der Waals surface area contributed by atoms with Crippen LogP contribution in [0.25, 0.3) is 4.83 Å². The van der Waals surface area contributed by atoms with E-state index in [1.807, 2.05) is 6.07 Å². The van der Waals surface area contributed by atoms with E-state index in [-0.39, 0.29) is 12.5 Å². The number of imidazole rings is 1. The number of nitrogens with zero attached hydrogens (tertiary/aromatic N) is 3. The molecule has 0 atom stereocenters. The minimum absolute atomic E-state index is 0.0187. The van der Waals surface area contributed by atoms with Gasteiger partial charge in [0.05, 0.1) is 12.3 Å². The van der Waals surface area contributed by atoms with Crippen LogP contribution in [0.2, 0.25) is 0 Å². The topological polar surface area (TPSA) is 70.2 Å². The van der Waals surface area contributed by atoms with Gasteiger partial charge in [-0.3, -0.25) is 9.20 Å². The molecular weight excluding hydrogens is 200 g/mol. The number of aromatic nitrogens is 2. The lowest BCUT2D eigenvalue weighted by atomic mass is 10.4. The van der Waals surface area contributed by atoms with Crippen LogP contribution in [0.3, 0.4) is 0 Å². The first kappa shape index (κ1) is 8.72. The van der Waals surface area contributed by atoms with Crippen molar-refractivity contribution in [2.24, 2.45) is 0 Å². The first-order chi connectivity index (χ1) is 6.83. The Morgan fingerprint density at radius 3 is 3.43 bits per heavy atom. The van der Waals surface area contributed by atoms with Crippen molar-refractivity contribution in [3.63, 3.8) is 0 Å². The molecule has 5 nitrogen and oxygen atoms in total. The number of carbonyl (C=O) groups is 1. The number of hydrogen-bond donors (Lipinski definition) is 1. The molecule has 70 valence electrons. The quantitative estimate of drug-likeness (QED) is 0.733. The van der Waals surface area contributed by atoms with Crippen molar-refractivity contribution in [1.29, 1.82) is 5.26 Å². The molecule has 2 aromatic rings. The minimum atomic E-state index is -0.254. The first-order valence-electron chi connectivity index (χ1n) is 3.87. The Bertz CT molecular complexity index is 507. The molecule has 2 rings (SSSR count). The molecule has 1 N–H and O–H groups in total. The summed E-state index contributed by atoms with van der Waals surface area (Å²) in [6.07, 6.45) is 3.26. The molecule has 14 heavy (non-hydrogen) atoms. The average Bonchev–Trinajstić information content (AvgIpc) is 2.74. The van der Waals surface area contributed by atoms with Crippen LogP contribution in [-0.2, 0) is 0 Å². The van der Waals surface area contributed by atoms with Crippen LogP contribution in [0.1, 0.15) is 10.5 Å². The maximum absolute atomic E-state index is 11.5. The van der Waals surface area contributed by atoms with Crippen LogP contribution in [0.5, 0.6) is 0 Å². The van der Waals surface area contributed by atoms with E-state index in [4.69, 9.17) is 5.26 Å². The molecule has 2 heterocycles. The molecule has 0 aliphatic rings. The van der Waals surface area contributed by atoms with Crippen molar-refractivity contribution >= 4 is 22.1 Å². The smallest absolute Gasteiger partial charge is 0.269 e. The molecule has 0 saturated heterocycles. The van der Waals surface area contributed by atoms with Gasteiger partial charge in [-0.15, -0.1) is 11.3 Å². The van der Waals surface area contributed by atoms with E-state index >= 15 is 0 Å². The van der Waals surface area contributed by atoms with Crippen molar-refractivity contribution in [3.05, 3.63) is 23.6 Å². The second kappa shape index (κ2) is 3.47. The van der Waals surface area contributed by atoms with Crippen LogP contribution >= 0.6 is 11.3 Å². The van der Waals surface area contributed by atoms with E-state index < -0.39 is 0 Å². The second-order valence-corrected chi connectivity index (χ2v) is 3.45. The maximum atomic E-state index is 11.5. The van der Waals surface area contributed by atoms with E-state index in [9.17, 15) is 4.79 Å². The molecule has 6 heteroatoms. The summed E-state index contributed by atoms with van der Waals surface area (Å²) in [7, 11) is 0. The van der Waals surface area contributed by atoms with Crippen LogP contribution in [0.15, 0.2) is 17.9 Å². The van der Waals surface area contributed by atoms with Gasteiger partial charge in [-0.05, 0) is 0 Å². The molecule has 0 spiro atoms. The number of nitriles is 1. The van der Waals surface area contributed by atoms with Crippen LogP contribution in [-0.4, -0.2) is 21.8 Å². The third-order valence-corrected chi connectivity index (χ3v) is 2.60. The fourth-order valence-electron chi connectivity index (χ4n) is 1.10. The van der Waals surface area contributed by atoms with Gasteiger partial charge in [0.15, 0.2) is 0 Å². The Hall–Kier alpha value is -1.87. The molecule has 1 amide bonds. The third-order valence-electron chi connectivity index (χ3n) is 1.72. The summed E-state index contributed by atoms with van der Waals surface area (Å²) in [5, 5.41) is 12.5. The molecular formula is C8H6N4OS. The minimum Gasteiger partial charge on any atom is -0.338 e. The molecule has 0 fully saturated rings. The van der Waals surface area contributed by atoms with Crippen LogP contribution in [0.4, 0.5) is 0 Å². The number of carbonyl (C=O) groups excluding carboxylic acids is 1. The van der Waals surface area contributed by atoms with Gasteiger partial charge in [-0.2, -0.15) is 5.26 Å². The standard InChI is InChI=1S/C8H6N4OS/c9-1-2-11-8(13)6-4-14-7-3-10-5-12(6)7/h3-5H,2H2,(H,11,13). The summed E-state index contributed by atoms with van der Waals surface area (Å²) >= 11 is 1.44. The SMILES string of the molecule is N#CCNC(=O)c1csc2cncn12. The monoisotopic (exact) mass is 206 g/mol. The first-order valence-corrected chi connectivity index (χ1v) is 4.75. The largest absolute Gasteiger partial charge is 0.338 e. The summed E-state index contributed by atoms with van der Waals surface area (Å²) in [5.74, 6) is -0.254. The van der Waals surface area contributed by atoms with Gasteiger partial charge in [0.1, 0.15) is 23.4 Å². The van der Waals surface area contributed by atoms with E-state index in [2.05, 4.69) is 10.3 Å². The summed E-state index contributed by atoms with van der Waals surface area (Å²) in [6, 6.07) is 1.85. The summed E-state index contributed by atoms with van der Waals surface area (Å²) in [6.45, 7) is 0.0187. The van der Waals surface area contributed by atoms with E-state index in [0.29, 0.717) is 5.69 Å². The Balaban J connectivity index is 2.30. The number of fused-ring (bicyclic) bond motifs is 1. The number of amides is 1. The van der Waals surface area contributed by atoms with Crippen molar-refractivity contribution in [2.75, 3.05) is 6.54 Å². The zero-order chi connectivity index (χ0) is 9.97. The third kappa shape index (κ3) is 1.34. The Morgan fingerprint density at radius 1 is 1.79 bits per heavy atom. The highest BCUT2D eigenvalue weighted by Gasteiger charge is 2.10. The molecule has 0 bridgehead atoms. The summed E-state index contributed by atoms with van der Waals surface area (Å²) in [5.41, 5.74) is 0.512. The number of nitrogens with one attached hydrogen (secondary N) is 1. The lowest BCUT2D eigenvalue weighted by Gasteiger charge is -1.97. The highest BCUT2D eigenvalue weighted by atomic mass is 32.1. The predicted octanol–water partition coefficient (Wildman–Crippen LogP) is 0.649. The fourth-order valence-corrected chi connectivity index (χ4v) is 1.93. The van der Waals surface area contributed by atoms with Gasteiger partial charge < -0.3 is 5.32 Å². The Labute approximate surface area is 83.6 Å². The highest BCUT2D eigenvalue weighted by Crippen LogP contribution is 2.15. The van der Waals surface area contributed by atoms with Gasteiger partial charge in [0.2, 0.25) is 0 Å². The molecule has 0 aliphatic heterocycles. The molecule has 0 unspecified atom stereocenters. The number of thiazole rings is 1. The average molecular weight is 206 g/mol. The summed E-state index contributed by atoms with van der Waals surface area (Å²) < 4.78 is 1.69. The zero-order valence-electron chi connectivity index (χ0n) is 7.10. The van der Waals surface area contributed by atoms with Gasteiger partial charge in [-0.25, -0.2) is 4.98 Å². The highest BCUT2D eigenvalue weighted by molar-refractivity contribution is 7.15. The van der Waals surface area contributed by atoms with Crippen molar-refractivity contribution in [1.82, 2.24) is 14.7 Å². The van der Waals surface area contributed by atoms with Crippen molar-refractivity contribution < 1.29 is 4.79 Å². The van der Waals surface area contributed by atoms with Gasteiger partial charge in [0.25, 0.3) is 5.91 Å².